The molecule has 0 aliphatic rings. The first-order chi connectivity index (χ1) is 16.1. The Morgan fingerprint density at radius 3 is 2.32 bits per heavy atom. The van der Waals surface area contributed by atoms with Crippen molar-refractivity contribution in [3.05, 3.63) is 83.9 Å². The highest BCUT2D eigenvalue weighted by Gasteiger charge is 2.31. The quantitative estimate of drug-likeness (QED) is 0.391. The summed E-state index contributed by atoms with van der Waals surface area (Å²) in [5, 5.41) is 2.49. The summed E-state index contributed by atoms with van der Waals surface area (Å²) >= 11 is 0.864. The Hall–Kier alpha value is -3.35. The van der Waals surface area contributed by atoms with Crippen LogP contribution < -0.4 is 10.0 Å². The molecule has 0 aliphatic heterocycles. The molecule has 12 heteroatoms. The number of nitrogens with one attached hydrogen (secondary N) is 2. The molecule has 1 heterocycles. The summed E-state index contributed by atoms with van der Waals surface area (Å²) in [6.45, 7) is 0. The van der Waals surface area contributed by atoms with Crippen LogP contribution in [-0.2, 0) is 27.4 Å². The van der Waals surface area contributed by atoms with Crippen LogP contribution in [0.3, 0.4) is 0 Å². The highest BCUT2D eigenvalue weighted by molar-refractivity contribution is 7.89. The SMILES string of the molecule is O=C(Nc1ccc(C(F)(F)F)cc1)C(Cc1ccccc1)NS(=O)(=O)c1cccc2nsnc12. The lowest BCUT2D eigenvalue weighted by Gasteiger charge is -2.19. The number of carbonyl (C=O) groups excluding carboxylic acids is 1. The summed E-state index contributed by atoms with van der Waals surface area (Å²) in [5.74, 6) is -0.726. The number of carbonyl (C=O) groups is 1. The molecule has 0 radical (unpaired) electrons. The zero-order valence-corrected chi connectivity index (χ0v) is 18.9. The summed E-state index contributed by atoms with van der Waals surface area (Å²) in [5.41, 5.74) is 0.507. The molecule has 176 valence electrons. The second kappa shape index (κ2) is 9.49. The average molecular weight is 507 g/mol. The molecule has 0 fully saturated rings. The van der Waals surface area contributed by atoms with Crippen LogP contribution in [0.5, 0.6) is 0 Å². The van der Waals surface area contributed by atoms with Crippen molar-refractivity contribution in [3.8, 4) is 0 Å². The molecule has 0 saturated heterocycles. The molecular formula is C22H17F3N4O3S2. The highest BCUT2D eigenvalue weighted by atomic mass is 32.2. The fourth-order valence-corrected chi connectivity index (χ4v) is 5.22. The predicted molar refractivity (Wildman–Crippen MR) is 122 cm³/mol. The van der Waals surface area contributed by atoms with E-state index in [1.807, 2.05) is 0 Å². The van der Waals surface area contributed by atoms with E-state index in [1.54, 1.807) is 36.4 Å². The Kier molecular flexibility index (Phi) is 6.64. The first-order valence-corrected chi connectivity index (χ1v) is 12.1. The predicted octanol–water partition coefficient (Wildman–Crippen LogP) is 4.24. The number of anilines is 1. The molecule has 34 heavy (non-hydrogen) atoms. The Morgan fingerprint density at radius 2 is 1.65 bits per heavy atom. The first-order valence-electron chi connectivity index (χ1n) is 9.89. The van der Waals surface area contributed by atoms with Crippen molar-refractivity contribution >= 4 is 44.4 Å². The van der Waals surface area contributed by atoms with E-state index >= 15 is 0 Å². The summed E-state index contributed by atoms with van der Waals surface area (Å²) in [4.78, 5) is 12.9. The molecule has 4 aromatic rings. The standard InChI is InChI=1S/C22H17F3N4O3S2/c23-22(24,25)15-9-11-16(12-10-15)26-21(30)18(13-14-5-2-1-3-6-14)29-34(31,32)19-8-4-7-17-20(19)28-33-27-17/h1-12,18,29H,13H2,(H,26,30). The summed E-state index contributed by atoms with van der Waals surface area (Å²) in [6, 6.07) is 15.9. The smallest absolute Gasteiger partial charge is 0.325 e. The molecular weight excluding hydrogens is 489 g/mol. The molecule has 0 saturated carbocycles. The number of fused-ring (bicyclic) bond motifs is 1. The van der Waals surface area contributed by atoms with Gasteiger partial charge in [0.05, 0.1) is 17.3 Å². The maximum atomic E-state index is 13.2. The van der Waals surface area contributed by atoms with Gasteiger partial charge >= 0.3 is 6.18 Å². The number of amides is 1. The number of rotatable bonds is 7. The molecule has 1 aromatic heterocycles. The van der Waals surface area contributed by atoms with Crippen LogP contribution in [0.2, 0.25) is 0 Å². The minimum absolute atomic E-state index is 0.0117. The Labute approximate surface area is 197 Å². The number of aromatic nitrogens is 2. The number of nitrogens with zero attached hydrogens (tertiary/aromatic N) is 2. The monoisotopic (exact) mass is 506 g/mol. The molecule has 0 aliphatic carbocycles. The number of halogens is 3. The Bertz CT molecular complexity index is 1410. The maximum Gasteiger partial charge on any atom is 0.416 e. The minimum Gasteiger partial charge on any atom is -0.325 e. The topological polar surface area (TPSA) is 101 Å². The van der Waals surface area contributed by atoms with Crippen molar-refractivity contribution in [2.75, 3.05) is 5.32 Å². The van der Waals surface area contributed by atoms with Gasteiger partial charge in [-0.15, -0.1) is 0 Å². The van der Waals surface area contributed by atoms with Crippen LogP contribution in [0.25, 0.3) is 11.0 Å². The molecule has 4 rings (SSSR count). The van der Waals surface area contributed by atoms with E-state index in [1.165, 1.54) is 12.1 Å². The molecule has 0 bridgehead atoms. The summed E-state index contributed by atoms with van der Waals surface area (Å²) < 4.78 is 75.3. The highest BCUT2D eigenvalue weighted by Crippen LogP contribution is 2.30. The maximum absolute atomic E-state index is 13.2. The third-order valence-corrected chi connectivity index (χ3v) is 6.96. The molecule has 7 nitrogen and oxygen atoms in total. The molecule has 1 atom stereocenters. The van der Waals surface area contributed by atoms with Gasteiger partial charge in [0.1, 0.15) is 22.0 Å². The van der Waals surface area contributed by atoms with Gasteiger partial charge in [-0.2, -0.15) is 26.6 Å². The van der Waals surface area contributed by atoms with E-state index in [4.69, 9.17) is 0 Å². The van der Waals surface area contributed by atoms with E-state index in [2.05, 4.69) is 18.8 Å². The van der Waals surface area contributed by atoms with Crippen molar-refractivity contribution in [2.45, 2.75) is 23.5 Å². The van der Waals surface area contributed by atoms with Crippen LogP contribution in [0.4, 0.5) is 18.9 Å². The molecule has 3 aromatic carbocycles. The minimum atomic E-state index is -4.51. The molecule has 2 N–H and O–H groups in total. The number of hydrogen-bond donors (Lipinski definition) is 2. The molecule has 1 unspecified atom stereocenters. The van der Waals surface area contributed by atoms with Crippen molar-refractivity contribution in [3.63, 3.8) is 0 Å². The lowest BCUT2D eigenvalue weighted by Crippen LogP contribution is -2.45. The van der Waals surface area contributed by atoms with E-state index < -0.39 is 33.7 Å². The van der Waals surface area contributed by atoms with Crippen LogP contribution in [0.15, 0.2) is 77.7 Å². The van der Waals surface area contributed by atoms with Gasteiger partial charge in [0.2, 0.25) is 15.9 Å². The Morgan fingerprint density at radius 1 is 0.941 bits per heavy atom. The molecule has 0 spiro atoms. The number of benzene rings is 3. The number of sulfonamides is 1. The van der Waals surface area contributed by atoms with E-state index in [0.717, 1.165) is 36.0 Å². The second-order valence-corrected chi connectivity index (χ2v) is 9.53. The first kappa shape index (κ1) is 23.8. The third-order valence-electron chi connectivity index (χ3n) is 4.91. The molecule has 1 amide bonds. The van der Waals surface area contributed by atoms with Gasteiger partial charge in [-0.1, -0.05) is 36.4 Å². The van der Waals surface area contributed by atoms with Gasteiger partial charge in [0.25, 0.3) is 0 Å². The summed E-state index contributed by atoms with van der Waals surface area (Å²) in [7, 11) is -4.19. The number of alkyl halides is 3. The van der Waals surface area contributed by atoms with Crippen LogP contribution in [0.1, 0.15) is 11.1 Å². The normalized spacial score (nSPS) is 13.0. The van der Waals surface area contributed by atoms with Crippen molar-refractivity contribution in [1.82, 2.24) is 13.5 Å². The average Bonchev–Trinajstić information content (AvgIpc) is 3.28. The zero-order chi connectivity index (χ0) is 24.3. The van der Waals surface area contributed by atoms with Gasteiger partial charge in [0, 0.05) is 5.69 Å². The van der Waals surface area contributed by atoms with Crippen LogP contribution in [0, 0.1) is 0 Å². The fraction of sp³-hybridized carbons (Fsp3) is 0.136. The van der Waals surface area contributed by atoms with Crippen molar-refractivity contribution in [1.29, 1.82) is 0 Å². The number of hydrogen-bond acceptors (Lipinski definition) is 6. The lowest BCUT2D eigenvalue weighted by atomic mass is 10.1. The largest absolute Gasteiger partial charge is 0.416 e. The van der Waals surface area contributed by atoms with Gasteiger partial charge in [-0.3, -0.25) is 4.79 Å². The van der Waals surface area contributed by atoms with Crippen LogP contribution >= 0.6 is 11.7 Å². The van der Waals surface area contributed by atoms with Crippen molar-refractivity contribution in [2.24, 2.45) is 0 Å². The van der Waals surface area contributed by atoms with Gasteiger partial charge in [-0.25, -0.2) is 8.42 Å². The van der Waals surface area contributed by atoms with Gasteiger partial charge in [-0.05, 0) is 48.4 Å². The fourth-order valence-electron chi connectivity index (χ4n) is 3.26. The van der Waals surface area contributed by atoms with Crippen molar-refractivity contribution < 1.29 is 26.4 Å². The van der Waals surface area contributed by atoms with Crippen LogP contribution in [-0.4, -0.2) is 29.1 Å². The van der Waals surface area contributed by atoms with Gasteiger partial charge < -0.3 is 5.32 Å². The van der Waals surface area contributed by atoms with E-state index in [-0.39, 0.29) is 22.5 Å². The lowest BCUT2D eigenvalue weighted by molar-refractivity contribution is -0.137. The summed E-state index contributed by atoms with van der Waals surface area (Å²) in [6.07, 6.45) is -4.50. The van der Waals surface area contributed by atoms with Gasteiger partial charge in [0.15, 0.2) is 0 Å². The zero-order valence-electron chi connectivity index (χ0n) is 17.3. The van der Waals surface area contributed by atoms with E-state index in [9.17, 15) is 26.4 Å². The van der Waals surface area contributed by atoms with E-state index in [0.29, 0.717) is 11.1 Å². The second-order valence-electron chi connectivity index (χ2n) is 7.32. The Balaban J connectivity index is 1.61. The third kappa shape index (κ3) is 5.41.